The van der Waals surface area contributed by atoms with Crippen LogP contribution < -0.4 is 22.5 Å². The molecular weight excluding hydrogens is 398 g/mol. The summed E-state index contributed by atoms with van der Waals surface area (Å²) in [5.74, 6) is -0.799. The van der Waals surface area contributed by atoms with Crippen LogP contribution in [0.2, 0.25) is 0 Å². The quantitative estimate of drug-likeness (QED) is 0.185. The van der Waals surface area contributed by atoms with Gasteiger partial charge in [0.2, 0.25) is 0 Å². The number of carbonyl (C=O) groups is 1. The number of aromatic nitrogens is 3. The van der Waals surface area contributed by atoms with Gasteiger partial charge in [0.25, 0.3) is 0 Å². The lowest BCUT2D eigenvalue weighted by Gasteiger charge is -2.19. The van der Waals surface area contributed by atoms with E-state index >= 15 is 0 Å². The molecule has 2 heterocycles. The molecule has 0 amide bonds. The lowest BCUT2D eigenvalue weighted by molar-refractivity contribution is -0.137. The highest BCUT2D eigenvalue weighted by atomic mass is 16.4. The highest BCUT2D eigenvalue weighted by Crippen LogP contribution is 2.21. The number of nitrogens with zero attached hydrogens (tertiary/aromatic N) is 3. The molecule has 0 bridgehead atoms. The number of hydrogen-bond donors (Lipinski definition) is 5. The third kappa shape index (κ3) is 5.92. The Morgan fingerprint density at radius 2 is 2.06 bits per heavy atom. The molecular formula is C21H27N7O3. The van der Waals surface area contributed by atoms with Gasteiger partial charge in [-0.3, -0.25) is 14.4 Å². The van der Waals surface area contributed by atoms with Gasteiger partial charge in [-0.15, -0.1) is 0 Å². The summed E-state index contributed by atoms with van der Waals surface area (Å²) < 4.78 is 1.49. The van der Waals surface area contributed by atoms with E-state index < -0.39 is 5.97 Å². The van der Waals surface area contributed by atoms with Crippen molar-refractivity contribution in [3.05, 3.63) is 58.3 Å². The normalized spacial score (nSPS) is 12.0. The summed E-state index contributed by atoms with van der Waals surface area (Å²) in [4.78, 5) is 34.6. The van der Waals surface area contributed by atoms with Crippen LogP contribution in [0.1, 0.15) is 36.6 Å². The molecule has 0 aliphatic heterocycles. The molecule has 10 nitrogen and oxygen atoms in total. The van der Waals surface area contributed by atoms with Crippen LogP contribution in [0.5, 0.6) is 0 Å². The maximum absolute atomic E-state index is 12.4. The molecule has 164 valence electrons. The average Bonchev–Trinajstić information content (AvgIpc) is 3.08. The SMILES string of the molecule is Cc1cc2cn(-c3ccc([C@H](CCC(=O)O)NCCCN=C(N)N)cc3)c(=O)nc2[nH]1. The van der Waals surface area contributed by atoms with Crippen molar-refractivity contribution in [2.75, 3.05) is 13.1 Å². The largest absolute Gasteiger partial charge is 0.481 e. The number of nitrogens with two attached hydrogens (primary N) is 2. The molecule has 0 unspecified atom stereocenters. The lowest BCUT2D eigenvalue weighted by Crippen LogP contribution is -2.25. The number of benzene rings is 1. The van der Waals surface area contributed by atoms with Gasteiger partial charge in [0.15, 0.2) is 5.96 Å². The fourth-order valence-electron chi connectivity index (χ4n) is 3.40. The first kappa shape index (κ1) is 22.0. The van der Waals surface area contributed by atoms with E-state index in [9.17, 15) is 9.59 Å². The van der Waals surface area contributed by atoms with Crippen LogP contribution in [0.25, 0.3) is 16.7 Å². The number of aliphatic imine (C=N–C) groups is 1. The van der Waals surface area contributed by atoms with Gasteiger partial charge in [-0.2, -0.15) is 4.98 Å². The second kappa shape index (κ2) is 9.90. The van der Waals surface area contributed by atoms with E-state index in [0.717, 1.165) is 23.1 Å². The number of nitrogens with one attached hydrogen (secondary N) is 2. The van der Waals surface area contributed by atoms with Gasteiger partial charge in [-0.25, -0.2) is 4.79 Å². The Morgan fingerprint density at radius 3 is 2.74 bits per heavy atom. The molecule has 0 saturated carbocycles. The minimum absolute atomic E-state index is 0.0419. The van der Waals surface area contributed by atoms with Crippen molar-refractivity contribution in [1.29, 1.82) is 0 Å². The Labute approximate surface area is 179 Å². The Hall–Kier alpha value is -3.66. The first-order valence-electron chi connectivity index (χ1n) is 10.0. The maximum Gasteiger partial charge on any atom is 0.354 e. The van der Waals surface area contributed by atoms with Gasteiger partial charge in [-0.1, -0.05) is 12.1 Å². The number of guanidine groups is 1. The van der Waals surface area contributed by atoms with Crippen LogP contribution >= 0.6 is 0 Å². The van der Waals surface area contributed by atoms with Crippen LogP contribution in [-0.2, 0) is 4.79 Å². The number of rotatable bonds is 10. The monoisotopic (exact) mass is 425 g/mol. The number of hydrogen-bond acceptors (Lipinski definition) is 5. The maximum atomic E-state index is 12.4. The molecule has 0 radical (unpaired) electrons. The molecule has 0 aliphatic rings. The topological polar surface area (TPSA) is 164 Å². The molecule has 1 atom stereocenters. The molecule has 0 spiro atoms. The zero-order chi connectivity index (χ0) is 22.4. The number of carboxylic acids is 1. The summed E-state index contributed by atoms with van der Waals surface area (Å²) in [6.45, 7) is 3.04. The summed E-state index contributed by atoms with van der Waals surface area (Å²) in [5, 5.41) is 13.3. The van der Waals surface area contributed by atoms with Crippen LogP contribution in [0.4, 0.5) is 0 Å². The zero-order valence-corrected chi connectivity index (χ0v) is 17.3. The van der Waals surface area contributed by atoms with E-state index in [-0.39, 0.29) is 24.1 Å². The molecule has 1 aromatic carbocycles. The Kier molecular flexibility index (Phi) is 7.03. The molecule has 2 aromatic heterocycles. The van der Waals surface area contributed by atoms with Crippen molar-refractivity contribution in [3.63, 3.8) is 0 Å². The summed E-state index contributed by atoms with van der Waals surface area (Å²) in [6.07, 6.45) is 2.96. The summed E-state index contributed by atoms with van der Waals surface area (Å²) >= 11 is 0. The van der Waals surface area contributed by atoms with E-state index in [1.165, 1.54) is 4.57 Å². The third-order valence-corrected chi connectivity index (χ3v) is 4.88. The van der Waals surface area contributed by atoms with Crippen molar-refractivity contribution in [2.24, 2.45) is 16.5 Å². The van der Waals surface area contributed by atoms with Gasteiger partial charge in [-0.05, 0) is 50.1 Å². The molecule has 3 rings (SSSR count). The molecule has 10 heteroatoms. The highest BCUT2D eigenvalue weighted by Gasteiger charge is 2.14. The first-order chi connectivity index (χ1) is 14.8. The van der Waals surface area contributed by atoms with Gasteiger partial charge in [0.1, 0.15) is 5.65 Å². The van der Waals surface area contributed by atoms with Gasteiger partial charge < -0.3 is 26.9 Å². The minimum atomic E-state index is -0.850. The number of aryl methyl sites for hydroxylation is 1. The average molecular weight is 425 g/mol. The lowest BCUT2D eigenvalue weighted by atomic mass is 10.0. The first-order valence-corrected chi connectivity index (χ1v) is 10.0. The van der Waals surface area contributed by atoms with Gasteiger partial charge in [0.05, 0.1) is 5.69 Å². The minimum Gasteiger partial charge on any atom is -0.481 e. The summed E-state index contributed by atoms with van der Waals surface area (Å²) in [7, 11) is 0. The molecule has 3 aromatic rings. The molecule has 0 saturated heterocycles. The van der Waals surface area contributed by atoms with Crippen molar-refractivity contribution < 1.29 is 9.90 Å². The van der Waals surface area contributed by atoms with Crippen molar-refractivity contribution in [1.82, 2.24) is 19.9 Å². The van der Waals surface area contributed by atoms with Crippen LogP contribution in [0.3, 0.4) is 0 Å². The molecule has 7 N–H and O–H groups in total. The molecule has 0 aliphatic carbocycles. The fourth-order valence-corrected chi connectivity index (χ4v) is 3.40. The second-order valence-electron chi connectivity index (χ2n) is 7.34. The van der Waals surface area contributed by atoms with E-state index in [1.54, 1.807) is 6.20 Å². The number of carboxylic acid groups (broad SMARTS) is 1. The Bertz CT molecular complexity index is 1130. The predicted octanol–water partition coefficient (Wildman–Crippen LogP) is 1.18. The standard InChI is InChI=1S/C21H27N7O3/c1-13-11-15-12-28(21(31)27-19(15)26-13)16-5-3-14(4-6-16)17(7-8-18(29)30)24-9-2-10-25-20(22)23/h3-6,11-12,17,24H,2,7-10H2,1H3,(H,29,30)(H4,22,23,25)(H,26,27,31)/t17-/m0/s1. The van der Waals surface area contributed by atoms with Crippen LogP contribution in [0.15, 0.2) is 46.3 Å². The fraction of sp³-hybridized carbons (Fsp3) is 0.333. The van der Waals surface area contributed by atoms with Gasteiger partial charge in [0, 0.05) is 36.3 Å². The smallest absolute Gasteiger partial charge is 0.354 e. The number of aliphatic carboxylic acids is 1. The highest BCUT2D eigenvalue weighted by molar-refractivity contribution is 5.76. The Balaban J connectivity index is 1.76. The van der Waals surface area contributed by atoms with Crippen LogP contribution in [0, 0.1) is 6.92 Å². The van der Waals surface area contributed by atoms with Crippen molar-refractivity contribution in [2.45, 2.75) is 32.2 Å². The number of H-pyrrole nitrogens is 1. The summed E-state index contributed by atoms with van der Waals surface area (Å²) in [6, 6.07) is 9.24. The van der Waals surface area contributed by atoms with Gasteiger partial charge >= 0.3 is 11.7 Å². The van der Waals surface area contributed by atoms with E-state index in [2.05, 4.69) is 20.3 Å². The summed E-state index contributed by atoms with van der Waals surface area (Å²) in [5.41, 5.74) is 13.4. The van der Waals surface area contributed by atoms with E-state index in [0.29, 0.717) is 30.8 Å². The van der Waals surface area contributed by atoms with Crippen molar-refractivity contribution in [3.8, 4) is 5.69 Å². The number of fused-ring (bicyclic) bond motifs is 1. The Morgan fingerprint density at radius 1 is 1.32 bits per heavy atom. The number of aromatic amines is 1. The molecule has 0 fully saturated rings. The van der Waals surface area contributed by atoms with Crippen molar-refractivity contribution >= 4 is 23.0 Å². The second-order valence-corrected chi connectivity index (χ2v) is 7.34. The van der Waals surface area contributed by atoms with E-state index in [1.807, 2.05) is 37.3 Å². The predicted molar refractivity (Wildman–Crippen MR) is 119 cm³/mol. The third-order valence-electron chi connectivity index (χ3n) is 4.88. The van der Waals surface area contributed by atoms with Crippen LogP contribution in [-0.4, -0.2) is 44.7 Å². The molecule has 31 heavy (non-hydrogen) atoms. The zero-order valence-electron chi connectivity index (χ0n) is 17.3. The van der Waals surface area contributed by atoms with E-state index in [4.69, 9.17) is 16.6 Å².